The van der Waals surface area contributed by atoms with Gasteiger partial charge in [-0.15, -0.1) is 0 Å². The van der Waals surface area contributed by atoms with Gasteiger partial charge in [-0.1, -0.05) is 6.07 Å². The van der Waals surface area contributed by atoms with E-state index in [0.717, 1.165) is 17.7 Å². The first-order chi connectivity index (χ1) is 10.1. The fraction of sp³-hybridized carbons (Fsp3) is 0.467. The normalized spacial score (nSPS) is 24.0. The van der Waals surface area contributed by atoms with Gasteiger partial charge in [0, 0.05) is 5.92 Å². The van der Waals surface area contributed by atoms with Crippen molar-refractivity contribution in [2.75, 3.05) is 13.2 Å². The summed E-state index contributed by atoms with van der Waals surface area (Å²) in [7, 11) is 0. The monoisotopic (exact) mass is 291 g/mol. The van der Waals surface area contributed by atoms with Crippen LogP contribution in [0.4, 0.5) is 0 Å². The molecule has 3 rings (SSSR count). The summed E-state index contributed by atoms with van der Waals surface area (Å²) < 4.78 is 11.0. The summed E-state index contributed by atoms with van der Waals surface area (Å²) in [4.78, 5) is 22.7. The van der Waals surface area contributed by atoms with E-state index in [9.17, 15) is 9.59 Å². The minimum absolute atomic E-state index is 0.127. The van der Waals surface area contributed by atoms with Crippen molar-refractivity contribution < 1.29 is 24.2 Å². The quantitative estimate of drug-likeness (QED) is 0.869. The highest BCUT2D eigenvalue weighted by atomic mass is 16.6. The zero-order valence-electron chi connectivity index (χ0n) is 11.7. The van der Waals surface area contributed by atoms with Gasteiger partial charge in [-0.3, -0.25) is 9.59 Å². The highest BCUT2D eigenvalue weighted by Crippen LogP contribution is 2.49. The molecule has 1 amide bonds. The molecule has 1 aliphatic heterocycles. The number of carbonyl (C=O) groups is 2. The van der Waals surface area contributed by atoms with E-state index in [0.29, 0.717) is 19.0 Å². The molecule has 0 saturated heterocycles. The van der Waals surface area contributed by atoms with Gasteiger partial charge in [0.2, 0.25) is 5.91 Å². The number of benzene rings is 1. The maximum atomic E-state index is 12.0. The van der Waals surface area contributed by atoms with Gasteiger partial charge in [0.1, 0.15) is 19.3 Å². The summed E-state index contributed by atoms with van der Waals surface area (Å²) in [6.07, 6.45) is 0.734. The molecule has 1 aliphatic carbocycles. The number of ether oxygens (including phenoxy) is 2. The van der Waals surface area contributed by atoms with Crippen LogP contribution in [0.1, 0.15) is 24.8 Å². The zero-order chi connectivity index (χ0) is 15.0. The van der Waals surface area contributed by atoms with E-state index in [2.05, 4.69) is 5.32 Å². The number of aliphatic carboxylic acids is 1. The Morgan fingerprint density at radius 1 is 1.29 bits per heavy atom. The molecule has 112 valence electrons. The second kappa shape index (κ2) is 5.27. The van der Waals surface area contributed by atoms with Crippen LogP contribution in [0, 0.1) is 5.92 Å². The summed E-state index contributed by atoms with van der Waals surface area (Å²) in [5.41, 5.74) is 1.03. The Morgan fingerprint density at radius 2 is 2.00 bits per heavy atom. The van der Waals surface area contributed by atoms with E-state index in [1.54, 1.807) is 0 Å². The van der Waals surface area contributed by atoms with Gasteiger partial charge in [0.05, 0.1) is 0 Å². The Kier molecular flexibility index (Phi) is 3.45. The summed E-state index contributed by atoms with van der Waals surface area (Å²) in [6, 6.07) is 4.84. The van der Waals surface area contributed by atoms with Crippen molar-refractivity contribution >= 4 is 11.9 Å². The second-order valence-electron chi connectivity index (χ2n) is 5.42. The molecule has 0 spiro atoms. The fourth-order valence-electron chi connectivity index (χ4n) is 2.53. The highest BCUT2D eigenvalue weighted by Gasteiger charge is 2.44. The Labute approximate surface area is 122 Å². The second-order valence-corrected chi connectivity index (χ2v) is 5.42. The number of nitrogens with one attached hydrogen (secondary N) is 1. The topological polar surface area (TPSA) is 84.9 Å². The van der Waals surface area contributed by atoms with Gasteiger partial charge in [-0.05, 0) is 37.0 Å². The van der Waals surface area contributed by atoms with Crippen LogP contribution in [0.3, 0.4) is 0 Å². The lowest BCUT2D eigenvalue weighted by atomic mass is 10.1. The predicted molar refractivity (Wildman–Crippen MR) is 73.5 cm³/mol. The number of hydrogen-bond acceptors (Lipinski definition) is 4. The van der Waals surface area contributed by atoms with Gasteiger partial charge in [0.25, 0.3) is 0 Å². The fourth-order valence-corrected chi connectivity index (χ4v) is 2.53. The lowest BCUT2D eigenvalue weighted by Gasteiger charge is -2.18. The zero-order valence-corrected chi connectivity index (χ0v) is 11.7. The van der Waals surface area contributed by atoms with Crippen molar-refractivity contribution in [3.05, 3.63) is 23.8 Å². The molecule has 3 atom stereocenters. The van der Waals surface area contributed by atoms with Crippen LogP contribution >= 0.6 is 0 Å². The summed E-state index contributed by atoms with van der Waals surface area (Å²) in [6.45, 7) is 2.54. The molecule has 21 heavy (non-hydrogen) atoms. The number of fused-ring (bicyclic) bond motifs is 1. The van der Waals surface area contributed by atoms with E-state index < -0.39 is 12.0 Å². The first kappa shape index (κ1) is 13.7. The lowest BCUT2D eigenvalue weighted by Crippen LogP contribution is -2.39. The average Bonchev–Trinajstić information content (AvgIpc) is 3.27. The van der Waals surface area contributed by atoms with E-state index in [4.69, 9.17) is 14.6 Å². The molecule has 2 N–H and O–H groups in total. The molecule has 1 aromatic rings. The maximum absolute atomic E-state index is 12.0. The third-order valence-corrected chi connectivity index (χ3v) is 3.85. The molecule has 6 heteroatoms. The van der Waals surface area contributed by atoms with Crippen LogP contribution in [0.15, 0.2) is 18.2 Å². The first-order valence-corrected chi connectivity index (χ1v) is 6.99. The predicted octanol–water partition coefficient (Wildman–Crippen LogP) is 1.15. The van der Waals surface area contributed by atoms with Crippen molar-refractivity contribution in [2.45, 2.75) is 25.3 Å². The summed E-state index contributed by atoms with van der Waals surface area (Å²) in [5, 5.41) is 11.3. The number of rotatable bonds is 4. The Morgan fingerprint density at radius 3 is 2.71 bits per heavy atom. The van der Waals surface area contributed by atoms with Crippen LogP contribution in [0.5, 0.6) is 11.5 Å². The van der Waals surface area contributed by atoms with E-state index in [1.165, 1.54) is 6.92 Å². The Hall–Kier alpha value is -2.24. The van der Waals surface area contributed by atoms with Gasteiger partial charge in [-0.2, -0.15) is 0 Å². The van der Waals surface area contributed by atoms with Gasteiger partial charge >= 0.3 is 5.97 Å². The summed E-state index contributed by atoms with van der Waals surface area (Å²) in [5.74, 6) is 0.177. The Bertz CT molecular complexity index is 585. The van der Waals surface area contributed by atoms with Crippen LogP contribution in [0.2, 0.25) is 0 Å². The number of carboxylic acids is 1. The van der Waals surface area contributed by atoms with Crippen LogP contribution in [0.25, 0.3) is 0 Å². The number of carbonyl (C=O) groups excluding carboxylic acids is 1. The SMILES string of the molecule is C[C@@H](NC(=O)[C@H]1C[C@@H]1c1ccc2c(c1)OCCO2)C(=O)O. The van der Waals surface area contributed by atoms with Crippen molar-refractivity contribution in [3.63, 3.8) is 0 Å². The van der Waals surface area contributed by atoms with Crippen molar-refractivity contribution in [3.8, 4) is 11.5 Å². The van der Waals surface area contributed by atoms with Crippen LogP contribution < -0.4 is 14.8 Å². The average molecular weight is 291 g/mol. The number of carboxylic acid groups (broad SMARTS) is 1. The molecule has 0 radical (unpaired) electrons. The van der Waals surface area contributed by atoms with Crippen molar-refractivity contribution in [2.24, 2.45) is 5.92 Å². The molecular formula is C15H17NO5. The Balaban J connectivity index is 1.65. The molecule has 1 saturated carbocycles. The standard InChI is InChI=1S/C15H17NO5/c1-8(15(18)19)16-14(17)11-7-10(11)9-2-3-12-13(6-9)21-5-4-20-12/h2-3,6,8,10-11H,4-5,7H2,1H3,(H,16,17)(H,18,19)/t8-,10-,11+/m1/s1. The molecule has 1 fully saturated rings. The molecule has 2 aliphatic rings. The van der Waals surface area contributed by atoms with Gasteiger partial charge < -0.3 is 19.9 Å². The smallest absolute Gasteiger partial charge is 0.325 e. The largest absolute Gasteiger partial charge is 0.486 e. The van der Waals surface area contributed by atoms with Gasteiger partial charge in [-0.25, -0.2) is 0 Å². The minimum Gasteiger partial charge on any atom is -0.486 e. The molecule has 0 bridgehead atoms. The minimum atomic E-state index is -1.03. The first-order valence-electron chi connectivity index (χ1n) is 6.99. The molecule has 6 nitrogen and oxygen atoms in total. The van der Waals surface area contributed by atoms with E-state index in [-0.39, 0.29) is 17.7 Å². The van der Waals surface area contributed by atoms with Gasteiger partial charge in [0.15, 0.2) is 11.5 Å². The molecule has 1 aromatic carbocycles. The molecule has 1 heterocycles. The number of hydrogen-bond donors (Lipinski definition) is 2. The van der Waals surface area contributed by atoms with Crippen LogP contribution in [-0.4, -0.2) is 36.2 Å². The third kappa shape index (κ3) is 2.79. The molecule has 0 unspecified atom stereocenters. The lowest BCUT2D eigenvalue weighted by molar-refractivity contribution is -0.141. The third-order valence-electron chi connectivity index (χ3n) is 3.85. The highest BCUT2D eigenvalue weighted by molar-refractivity contribution is 5.87. The number of amides is 1. The molecular weight excluding hydrogens is 274 g/mol. The van der Waals surface area contributed by atoms with E-state index >= 15 is 0 Å². The summed E-state index contributed by atoms with van der Waals surface area (Å²) >= 11 is 0. The molecule has 0 aromatic heterocycles. The van der Waals surface area contributed by atoms with Crippen molar-refractivity contribution in [1.29, 1.82) is 0 Å². The van der Waals surface area contributed by atoms with E-state index in [1.807, 2.05) is 18.2 Å². The maximum Gasteiger partial charge on any atom is 0.325 e. The van der Waals surface area contributed by atoms with Crippen LogP contribution in [-0.2, 0) is 9.59 Å². The van der Waals surface area contributed by atoms with Crippen molar-refractivity contribution in [1.82, 2.24) is 5.32 Å².